The van der Waals surface area contributed by atoms with Crippen LogP contribution in [0.1, 0.15) is 170 Å². The second kappa shape index (κ2) is 49.5. The number of aryl methyl sites for hydroxylation is 5. The molecule has 3 N–H and O–H groups in total. The molecule has 0 unspecified atom stereocenters. The van der Waals surface area contributed by atoms with Crippen LogP contribution in [0.4, 0.5) is 4.39 Å². The number of rotatable bonds is 29. The van der Waals surface area contributed by atoms with Crippen LogP contribution >= 0.6 is 108 Å². The lowest BCUT2D eigenvalue weighted by Gasteiger charge is -2.24. The van der Waals surface area contributed by atoms with Gasteiger partial charge in [0.2, 0.25) is 0 Å². The normalized spacial score (nSPS) is 16.4. The van der Waals surface area contributed by atoms with E-state index in [9.17, 15) is 25.4 Å². The van der Waals surface area contributed by atoms with E-state index in [1.807, 2.05) is 120 Å². The summed E-state index contributed by atoms with van der Waals surface area (Å²) in [6, 6.07) is 69.7. The van der Waals surface area contributed by atoms with Crippen molar-refractivity contribution in [3.63, 3.8) is 0 Å². The van der Waals surface area contributed by atoms with Crippen LogP contribution in [0.5, 0.6) is 5.75 Å². The second-order valence-electron chi connectivity index (χ2n) is 37.2. The molecule has 4 aromatic heterocycles. The predicted octanol–water partition coefficient (Wildman–Crippen LogP) is 25.7. The third-order valence-corrected chi connectivity index (χ3v) is 34.0. The highest BCUT2D eigenvalue weighted by Gasteiger charge is 2.34. The minimum Gasteiger partial charge on any atom is -0.496 e. The van der Waals surface area contributed by atoms with E-state index in [-0.39, 0.29) is 5.82 Å². The van der Waals surface area contributed by atoms with Gasteiger partial charge in [-0.3, -0.25) is 25.0 Å². The minimum atomic E-state index is -0.201. The molecule has 0 amide bonds. The third-order valence-electron chi connectivity index (χ3n) is 28.1. The molecule has 2 atom stereocenters. The maximum atomic E-state index is 14.5. The fraction of sp³-hybridized carbons (Fsp3) is 0.336. The molecule has 0 radical (unpaired) electrons. The smallest absolute Gasteiger partial charge is 0.131 e. The molecule has 2 saturated heterocycles. The molecule has 10 aromatic carbocycles. The van der Waals surface area contributed by atoms with Crippen LogP contribution in [-0.4, -0.2) is 173 Å². The van der Waals surface area contributed by atoms with Crippen LogP contribution in [0.2, 0.25) is 20.1 Å². The van der Waals surface area contributed by atoms with Crippen LogP contribution in [0.3, 0.4) is 0 Å². The number of fused-ring (bicyclic) bond motifs is 5. The number of amidine groups is 5. The topological polar surface area (TPSA) is 215 Å². The summed E-state index contributed by atoms with van der Waals surface area (Å²) in [4.78, 5) is 33.9. The number of ether oxygens (including phenoxy) is 1. The van der Waals surface area contributed by atoms with Gasteiger partial charge in [-0.2, -0.15) is 21.0 Å². The summed E-state index contributed by atoms with van der Waals surface area (Å²) < 4.78 is 26.2. The molecule has 3 fully saturated rings. The van der Waals surface area contributed by atoms with E-state index in [0.29, 0.717) is 47.2 Å². The molecule has 0 bridgehead atoms. The van der Waals surface area contributed by atoms with E-state index in [4.69, 9.17) is 66.1 Å². The summed E-state index contributed by atoms with van der Waals surface area (Å²) in [5, 5.41) is 63.6. The Kier molecular flexibility index (Phi) is 35.2. The fourth-order valence-electron chi connectivity index (χ4n) is 21.0. The molecule has 0 spiro atoms. The number of thiophene rings is 4. The Morgan fingerprint density at radius 3 is 1.20 bits per heavy atom. The van der Waals surface area contributed by atoms with Crippen molar-refractivity contribution < 1.29 is 9.13 Å². The first-order chi connectivity index (χ1) is 70.1. The van der Waals surface area contributed by atoms with Crippen LogP contribution in [-0.2, 0) is 64.2 Å². The average Bonchev–Trinajstić information content (AvgIpc) is 1.71. The zero-order chi connectivity index (χ0) is 98.5. The summed E-state index contributed by atoms with van der Waals surface area (Å²) in [5.74, 6) is 5.53. The molecular formula is C116H114BrCl4FN16OS4. The van der Waals surface area contributed by atoms with E-state index >= 15 is 0 Å². The Labute approximate surface area is 882 Å². The Hall–Kier alpha value is -11.4. The van der Waals surface area contributed by atoms with Crippen molar-refractivity contribution in [3.8, 4) is 30.0 Å². The van der Waals surface area contributed by atoms with Gasteiger partial charge in [-0.05, 0) is 375 Å². The van der Waals surface area contributed by atoms with Gasteiger partial charge < -0.3 is 40.3 Å². The van der Waals surface area contributed by atoms with E-state index < -0.39 is 0 Å². The molecule has 27 heteroatoms. The number of nitrogens with zero attached hydrogens (tertiary/aromatic N) is 13. The highest BCUT2D eigenvalue weighted by atomic mass is 79.9. The largest absolute Gasteiger partial charge is 0.496 e. The molecule has 11 heterocycles. The van der Waals surface area contributed by atoms with Crippen molar-refractivity contribution in [1.82, 2.24) is 35.6 Å². The zero-order valence-corrected chi connectivity index (χ0v) is 88.2. The molecule has 22 rings (SSSR count). The number of hydrogen-bond acceptors (Lipinski definition) is 21. The van der Waals surface area contributed by atoms with Gasteiger partial charge in [0.1, 0.15) is 40.7 Å². The standard InChI is InChI=1S/C27H29ClN4S.C26H29BrClN3S.C23H24ClN3O.C20H16ClN3S.C20H16FN3S/c28-25-6-3-5-24(27-30-10-15-32(27)14-4-13-31-11-1-2-12-31)23(25)8-7-21-17-20(19-29)18-22-9-16-33-26(21)22;27-21-17-19(25-20(18-21)9-16-32-25)7-8-22-23(5-3-6-24(22)28)26-29-10-15-31(26)14-4-13-30-11-1-2-12-30;1-28-22-12-9-15(14-25)13-16(22)10-11-17-18(5-4-6-19(17)24)23-26-20-7-2-3-8-21(20)27-23;2*21-18-3-1-2-17(20-23-7-8-24-20)16(18)5-4-14-10-13(12-22)11-15-6-9-25-19(14)15/h3,5-6,9,16-18H,1-2,4,7-8,10-15H2;3,5-6,9,16-18H,1-2,4,7-8,10-15H2;4-6,9,12-13,20-21H,2-3,7-8,10-11H2,1H3,(H,26,27);2*1-3,6,9-11H,4-5,7-8H2,(H,23,24)/t;;20-,21-;;/m..0../s1. The Morgan fingerprint density at radius 1 is 0.392 bits per heavy atom. The SMILES string of the molecule is COc1ccc(C#N)cc1CCc1c(Cl)cccc1C1=N[C@H]2CCCC[C@@H]2N1.Clc1cccc(C2=NCCN2CCCN2CCCC2)c1CCc1cc(Br)cc2ccsc12.N#Cc1cc(CCc2c(Cl)cccc2C2=NCCN2)c2sccc2c1.N#Cc1cc(CCc2c(Cl)cccc2C2=NCCN2CCCN2CCCC2)c2sccc2c1.N#Cc1cc(CCc2c(F)cccc2C2=NCCN2)c2sccc2c1. The highest BCUT2D eigenvalue weighted by molar-refractivity contribution is 9.10. The maximum absolute atomic E-state index is 14.5. The number of likely N-dealkylation sites (tertiary alicyclic amines) is 2. The van der Waals surface area contributed by atoms with Gasteiger partial charge in [0.05, 0.1) is 85.9 Å². The van der Waals surface area contributed by atoms with Crippen molar-refractivity contribution in [3.05, 3.63) is 340 Å². The van der Waals surface area contributed by atoms with Gasteiger partial charge in [-0.1, -0.05) is 136 Å². The van der Waals surface area contributed by atoms with Gasteiger partial charge in [0.15, 0.2) is 0 Å². The predicted molar refractivity (Wildman–Crippen MR) is 597 cm³/mol. The minimum absolute atomic E-state index is 0.201. The Balaban J connectivity index is 0.000000118. The quantitative estimate of drug-likeness (QED) is 0.0399. The van der Waals surface area contributed by atoms with Crippen molar-refractivity contribution in [2.75, 3.05) is 112 Å². The molecular weight excluding hydrogens is 2000 g/mol. The van der Waals surface area contributed by atoms with Crippen molar-refractivity contribution in [2.24, 2.45) is 25.0 Å². The molecule has 17 nitrogen and oxygen atoms in total. The zero-order valence-electron chi connectivity index (χ0n) is 80.4. The van der Waals surface area contributed by atoms with Crippen molar-refractivity contribution in [1.29, 1.82) is 21.0 Å². The number of aliphatic imine (C=N–C) groups is 5. The number of nitriles is 4. The molecule has 14 aromatic rings. The van der Waals surface area contributed by atoms with Crippen molar-refractivity contribution in [2.45, 2.75) is 141 Å². The van der Waals surface area contributed by atoms with Gasteiger partial charge in [-0.15, -0.1) is 45.3 Å². The summed E-state index contributed by atoms with van der Waals surface area (Å²) in [6.45, 7) is 16.5. The summed E-state index contributed by atoms with van der Waals surface area (Å²) in [5.41, 5.74) is 19.3. The summed E-state index contributed by atoms with van der Waals surface area (Å²) >= 11 is 37.2. The van der Waals surface area contributed by atoms with Gasteiger partial charge in [-0.25, -0.2) is 4.39 Å². The van der Waals surface area contributed by atoms with Crippen LogP contribution < -0.4 is 20.7 Å². The maximum Gasteiger partial charge on any atom is 0.131 e. The summed E-state index contributed by atoms with van der Waals surface area (Å²) in [6.07, 6.45) is 20.7. The molecule has 730 valence electrons. The van der Waals surface area contributed by atoms with E-state index in [0.717, 1.165) is 249 Å². The fourth-order valence-corrected chi connectivity index (χ4v) is 26.3. The highest BCUT2D eigenvalue weighted by Crippen LogP contribution is 2.39. The number of benzene rings is 10. The Bertz CT molecular complexity index is 7120. The first-order valence-electron chi connectivity index (χ1n) is 49.9. The Morgan fingerprint density at radius 2 is 0.776 bits per heavy atom. The van der Waals surface area contributed by atoms with E-state index in [2.05, 4.69) is 163 Å². The first-order valence-corrected chi connectivity index (χ1v) is 55.7. The molecule has 8 aliphatic rings. The monoisotopic (exact) mass is 2110 g/mol. The lowest BCUT2D eigenvalue weighted by molar-refractivity contribution is 0.313. The number of methoxy groups -OCH3 is 1. The summed E-state index contributed by atoms with van der Waals surface area (Å²) in [7, 11) is 1.66. The van der Waals surface area contributed by atoms with Gasteiger partial charge in [0, 0.05) is 116 Å². The number of hydrogen-bond donors (Lipinski definition) is 3. The second-order valence-corrected chi connectivity index (χ2v) is 43.4. The third kappa shape index (κ3) is 25.1. The van der Waals surface area contributed by atoms with Gasteiger partial charge >= 0.3 is 0 Å². The lowest BCUT2D eigenvalue weighted by atomic mass is 9.92. The van der Waals surface area contributed by atoms with E-state index in [1.54, 1.807) is 53.3 Å². The lowest BCUT2D eigenvalue weighted by Crippen LogP contribution is -2.37. The van der Waals surface area contributed by atoms with Crippen molar-refractivity contribution >= 4 is 177 Å². The first kappa shape index (κ1) is 102. The van der Waals surface area contributed by atoms with E-state index in [1.165, 1.54) is 161 Å². The molecule has 143 heavy (non-hydrogen) atoms. The van der Waals surface area contributed by atoms with Crippen LogP contribution in [0.15, 0.2) is 233 Å². The molecule has 1 saturated carbocycles. The van der Waals surface area contributed by atoms with Crippen LogP contribution in [0, 0.1) is 51.1 Å². The number of nitrogens with one attached hydrogen (secondary N) is 3. The van der Waals surface area contributed by atoms with Crippen LogP contribution in [0.25, 0.3) is 40.3 Å². The molecule has 7 aliphatic heterocycles. The molecule has 1 aliphatic carbocycles. The number of halogens is 6. The average molecular weight is 2120 g/mol. The van der Waals surface area contributed by atoms with Gasteiger partial charge in [0.25, 0.3) is 0 Å².